The van der Waals surface area contributed by atoms with Crippen LogP contribution in [-0.2, 0) is 11.3 Å². The van der Waals surface area contributed by atoms with E-state index < -0.39 is 5.76 Å². The fraction of sp³-hybridized carbons (Fsp3) is 0.304. The van der Waals surface area contributed by atoms with Crippen LogP contribution >= 0.6 is 0 Å². The third kappa shape index (κ3) is 3.54. The number of rotatable bonds is 4. The SMILES string of the molecule is CN1CCCN(C(=O)CCCn2c(=O)oc3ccccc32)c2nc3ccccc3nc21. The second-order valence-corrected chi connectivity index (χ2v) is 7.77. The van der Waals surface area contributed by atoms with Crippen LogP contribution in [0.4, 0.5) is 11.6 Å². The Morgan fingerprint density at radius 3 is 2.52 bits per heavy atom. The summed E-state index contributed by atoms with van der Waals surface area (Å²) in [7, 11) is 1.98. The van der Waals surface area contributed by atoms with Gasteiger partial charge < -0.3 is 9.32 Å². The summed E-state index contributed by atoms with van der Waals surface area (Å²) < 4.78 is 6.86. The summed E-state index contributed by atoms with van der Waals surface area (Å²) in [5, 5.41) is 0. The highest BCUT2D eigenvalue weighted by molar-refractivity contribution is 5.96. The Balaban J connectivity index is 1.38. The standard InChI is InChI=1S/C23H23N5O3/c1-26-13-7-15-28(22-21(26)24-16-8-2-3-9-17(16)25-22)20(29)12-6-14-27-18-10-4-5-11-19(18)31-23(27)30/h2-5,8-11H,6-7,12-15H2,1H3. The fourth-order valence-corrected chi connectivity index (χ4v) is 4.09. The van der Waals surface area contributed by atoms with Crippen LogP contribution in [-0.4, -0.2) is 40.6 Å². The topological polar surface area (TPSA) is 84.5 Å². The van der Waals surface area contributed by atoms with E-state index in [1.807, 2.05) is 49.5 Å². The van der Waals surface area contributed by atoms with Gasteiger partial charge in [-0.25, -0.2) is 14.8 Å². The van der Waals surface area contributed by atoms with E-state index in [1.165, 1.54) is 0 Å². The van der Waals surface area contributed by atoms with Crippen LogP contribution in [0, 0.1) is 0 Å². The number of para-hydroxylation sites is 4. The van der Waals surface area contributed by atoms with Crippen molar-refractivity contribution in [1.29, 1.82) is 0 Å². The first-order valence-corrected chi connectivity index (χ1v) is 10.5. The van der Waals surface area contributed by atoms with E-state index in [2.05, 4.69) is 4.90 Å². The van der Waals surface area contributed by atoms with Crippen molar-refractivity contribution in [3.8, 4) is 0 Å². The highest BCUT2D eigenvalue weighted by atomic mass is 16.4. The van der Waals surface area contributed by atoms with Gasteiger partial charge in [-0.15, -0.1) is 0 Å². The van der Waals surface area contributed by atoms with Gasteiger partial charge in [0.25, 0.3) is 0 Å². The molecule has 3 heterocycles. The Labute approximate surface area is 178 Å². The van der Waals surface area contributed by atoms with Gasteiger partial charge in [0.1, 0.15) is 0 Å². The van der Waals surface area contributed by atoms with E-state index in [1.54, 1.807) is 15.5 Å². The Morgan fingerprint density at radius 1 is 1.00 bits per heavy atom. The van der Waals surface area contributed by atoms with Crippen LogP contribution in [0.3, 0.4) is 0 Å². The minimum atomic E-state index is -0.396. The maximum absolute atomic E-state index is 13.2. The molecule has 8 nitrogen and oxygen atoms in total. The Kier molecular flexibility index (Phi) is 4.89. The predicted octanol–water partition coefficient (Wildman–Crippen LogP) is 3.19. The summed E-state index contributed by atoms with van der Waals surface area (Å²) in [6.07, 6.45) is 1.68. The van der Waals surface area contributed by atoms with Gasteiger partial charge in [-0.2, -0.15) is 0 Å². The van der Waals surface area contributed by atoms with Crippen LogP contribution in [0.25, 0.3) is 22.1 Å². The van der Waals surface area contributed by atoms with E-state index in [4.69, 9.17) is 14.4 Å². The number of fused-ring (bicyclic) bond motifs is 3. The van der Waals surface area contributed by atoms with Gasteiger partial charge in [-0.1, -0.05) is 24.3 Å². The summed E-state index contributed by atoms with van der Waals surface area (Å²) in [6, 6.07) is 15.0. The number of oxazole rings is 1. The van der Waals surface area contributed by atoms with Gasteiger partial charge in [0.15, 0.2) is 17.2 Å². The number of nitrogens with zero attached hydrogens (tertiary/aromatic N) is 5. The van der Waals surface area contributed by atoms with Gasteiger partial charge in [0, 0.05) is 33.1 Å². The largest absolute Gasteiger partial charge is 0.419 e. The van der Waals surface area contributed by atoms with E-state index >= 15 is 0 Å². The van der Waals surface area contributed by atoms with Crippen LogP contribution in [0.2, 0.25) is 0 Å². The molecule has 0 atom stereocenters. The number of amides is 1. The lowest BCUT2D eigenvalue weighted by Gasteiger charge is -2.23. The zero-order chi connectivity index (χ0) is 21.4. The van der Waals surface area contributed by atoms with E-state index in [0.717, 1.165) is 35.3 Å². The zero-order valence-corrected chi connectivity index (χ0v) is 17.3. The van der Waals surface area contributed by atoms with Crippen molar-refractivity contribution < 1.29 is 9.21 Å². The van der Waals surface area contributed by atoms with Crippen LogP contribution < -0.4 is 15.6 Å². The lowest BCUT2D eigenvalue weighted by atomic mass is 10.2. The minimum Gasteiger partial charge on any atom is -0.408 e. The smallest absolute Gasteiger partial charge is 0.408 e. The Bertz CT molecular complexity index is 1330. The number of carbonyl (C=O) groups is 1. The predicted molar refractivity (Wildman–Crippen MR) is 119 cm³/mol. The molecule has 0 bridgehead atoms. The second-order valence-electron chi connectivity index (χ2n) is 7.77. The molecule has 0 N–H and O–H groups in total. The first-order chi connectivity index (χ1) is 15.1. The number of carbonyl (C=O) groups excluding carboxylic acids is 1. The van der Waals surface area contributed by atoms with Gasteiger partial charge in [0.05, 0.1) is 16.6 Å². The van der Waals surface area contributed by atoms with E-state index in [0.29, 0.717) is 37.3 Å². The number of aryl methyl sites for hydroxylation is 1. The van der Waals surface area contributed by atoms with Crippen LogP contribution in [0.1, 0.15) is 19.3 Å². The molecular formula is C23H23N5O3. The molecule has 0 unspecified atom stereocenters. The summed E-state index contributed by atoms with van der Waals surface area (Å²) in [6.45, 7) is 1.82. The molecule has 5 rings (SSSR count). The average molecular weight is 417 g/mol. The van der Waals surface area contributed by atoms with Crippen molar-refractivity contribution >= 4 is 39.7 Å². The van der Waals surface area contributed by atoms with Gasteiger partial charge >= 0.3 is 5.76 Å². The second kappa shape index (κ2) is 7.86. The van der Waals surface area contributed by atoms with Crippen molar-refractivity contribution in [3.05, 3.63) is 59.1 Å². The number of aromatic nitrogens is 3. The molecule has 1 amide bonds. The highest BCUT2D eigenvalue weighted by Crippen LogP contribution is 2.30. The van der Waals surface area contributed by atoms with Crippen molar-refractivity contribution in [2.75, 3.05) is 29.9 Å². The Hall–Kier alpha value is -3.68. The molecule has 158 valence electrons. The summed E-state index contributed by atoms with van der Waals surface area (Å²) in [5.74, 6) is 0.922. The summed E-state index contributed by atoms with van der Waals surface area (Å²) >= 11 is 0. The molecule has 0 aliphatic carbocycles. The molecule has 0 radical (unpaired) electrons. The monoisotopic (exact) mass is 417 g/mol. The molecule has 31 heavy (non-hydrogen) atoms. The van der Waals surface area contributed by atoms with E-state index in [-0.39, 0.29) is 5.91 Å². The zero-order valence-electron chi connectivity index (χ0n) is 17.3. The Morgan fingerprint density at radius 2 is 1.71 bits per heavy atom. The molecule has 8 heteroatoms. The van der Waals surface area contributed by atoms with Crippen molar-refractivity contribution in [1.82, 2.24) is 14.5 Å². The molecule has 1 aliphatic heterocycles. The lowest BCUT2D eigenvalue weighted by molar-refractivity contribution is -0.118. The molecule has 0 saturated carbocycles. The summed E-state index contributed by atoms with van der Waals surface area (Å²) in [4.78, 5) is 38.7. The molecule has 0 fully saturated rings. The molecule has 0 saturated heterocycles. The highest BCUT2D eigenvalue weighted by Gasteiger charge is 2.26. The third-order valence-electron chi connectivity index (χ3n) is 5.67. The first kappa shape index (κ1) is 19.3. The molecule has 0 spiro atoms. The maximum Gasteiger partial charge on any atom is 0.419 e. The molecule has 4 aromatic rings. The molecule has 2 aromatic carbocycles. The minimum absolute atomic E-state index is 0.0121. The number of hydrogen-bond donors (Lipinski definition) is 0. The van der Waals surface area contributed by atoms with Crippen molar-refractivity contribution in [3.63, 3.8) is 0 Å². The fourth-order valence-electron chi connectivity index (χ4n) is 4.09. The average Bonchev–Trinajstić information content (AvgIpc) is 3.01. The van der Waals surface area contributed by atoms with Crippen molar-refractivity contribution in [2.45, 2.75) is 25.8 Å². The normalized spacial score (nSPS) is 14.1. The third-order valence-corrected chi connectivity index (χ3v) is 5.67. The number of benzene rings is 2. The van der Waals surface area contributed by atoms with Crippen molar-refractivity contribution in [2.24, 2.45) is 0 Å². The lowest BCUT2D eigenvalue weighted by Crippen LogP contribution is -2.32. The van der Waals surface area contributed by atoms with Crippen LogP contribution in [0.5, 0.6) is 0 Å². The quantitative estimate of drug-likeness (QED) is 0.507. The number of anilines is 2. The first-order valence-electron chi connectivity index (χ1n) is 10.5. The van der Waals surface area contributed by atoms with Crippen LogP contribution in [0.15, 0.2) is 57.7 Å². The molecule has 1 aliphatic rings. The molecule has 2 aromatic heterocycles. The summed E-state index contributed by atoms with van der Waals surface area (Å²) in [5.41, 5.74) is 2.89. The van der Waals surface area contributed by atoms with Gasteiger partial charge in [-0.3, -0.25) is 14.3 Å². The van der Waals surface area contributed by atoms with E-state index in [9.17, 15) is 9.59 Å². The van der Waals surface area contributed by atoms with Gasteiger partial charge in [0.2, 0.25) is 5.91 Å². The van der Waals surface area contributed by atoms with Gasteiger partial charge in [-0.05, 0) is 37.1 Å². The number of hydrogen-bond acceptors (Lipinski definition) is 6. The maximum atomic E-state index is 13.2. The molecular weight excluding hydrogens is 394 g/mol.